The largest absolute Gasteiger partial charge is 0.317 e. The first-order chi connectivity index (χ1) is 8.92. The van der Waals surface area contributed by atoms with E-state index in [0.717, 1.165) is 37.0 Å². The predicted molar refractivity (Wildman–Crippen MR) is 79.8 cm³/mol. The predicted octanol–water partition coefficient (Wildman–Crippen LogP) is 2.86. The first kappa shape index (κ1) is 15.5. The smallest absolute Gasteiger partial charge is 0.243 e. The van der Waals surface area contributed by atoms with Crippen LogP contribution in [0.4, 0.5) is 0 Å². The van der Waals surface area contributed by atoms with Crippen molar-refractivity contribution < 1.29 is 8.42 Å². The van der Waals surface area contributed by atoms with Crippen LogP contribution in [0.25, 0.3) is 0 Å². The van der Waals surface area contributed by atoms with Gasteiger partial charge in [-0.3, -0.25) is 0 Å². The Kier molecular flexibility index (Phi) is 5.14. The van der Waals surface area contributed by atoms with Gasteiger partial charge in [0.15, 0.2) is 0 Å². The molecule has 2 rings (SSSR count). The standard InChI is InChI=1S/C11H16Cl2N2O2S2/c1-14-7-2-4-8(5-3-7)15-19(16,17)9-6-10(12)18-11(9)13/h6-8,14-15H,2-5H2,1H3. The molecule has 0 aliphatic heterocycles. The monoisotopic (exact) mass is 342 g/mol. The van der Waals surface area contributed by atoms with Gasteiger partial charge < -0.3 is 5.32 Å². The van der Waals surface area contributed by atoms with E-state index in [1.165, 1.54) is 6.07 Å². The van der Waals surface area contributed by atoms with Gasteiger partial charge in [-0.15, -0.1) is 11.3 Å². The first-order valence-corrected chi connectivity index (χ1v) is 9.12. The van der Waals surface area contributed by atoms with Gasteiger partial charge in [0.2, 0.25) is 10.0 Å². The van der Waals surface area contributed by atoms with Crippen molar-refractivity contribution in [3.63, 3.8) is 0 Å². The van der Waals surface area contributed by atoms with Gasteiger partial charge in [0.1, 0.15) is 9.23 Å². The summed E-state index contributed by atoms with van der Waals surface area (Å²) in [5.41, 5.74) is 0. The highest BCUT2D eigenvalue weighted by atomic mass is 35.5. The summed E-state index contributed by atoms with van der Waals surface area (Å²) in [6.07, 6.45) is 3.62. The molecule has 2 N–H and O–H groups in total. The van der Waals surface area contributed by atoms with Crippen LogP contribution in [0.1, 0.15) is 25.7 Å². The van der Waals surface area contributed by atoms with E-state index < -0.39 is 10.0 Å². The molecule has 108 valence electrons. The molecule has 1 heterocycles. The van der Waals surface area contributed by atoms with Crippen LogP contribution < -0.4 is 10.0 Å². The molecule has 19 heavy (non-hydrogen) atoms. The van der Waals surface area contributed by atoms with Crippen molar-refractivity contribution in [2.75, 3.05) is 7.05 Å². The zero-order chi connectivity index (χ0) is 14.0. The second-order valence-electron chi connectivity index (χ2n) is 4.65. The van der Waals surface area contributed by atoms with Crippen LogP contribution in [0.15, 0.2) is 11.0 Å². The maximum Gasteiger partial charge on any atom is 0.243 e. The molecule has 4 nitrogen and oxygen atoms in total. The maximum absolute atomic E-state index is 12.2. The summed E-state index contributed by atoms with van der Waals surface area (Å²) in [7, 11) is -1.64. The molecule has 8 heteroatoms. The Balaban J connectivity index is 2.04. The van der Waals surface area contributed by atoms with Gasteiger partial charge in [-0.1, -0.05) is 23.2 Å². The zero-order valence-electron chi connectivity index (χ0n) is 10.4. The minimum Gasteiger partial charge on any atom is -0.317 e. The summed E-state index contributed by atoms with van der Waals surface area (Å²) in [5, 5.41) is 3.22. The molecule has 1 aliphatic rings. The second kappa shape index (κ2) is 6.28. The fraction of sp³-hybridized carbons (Fsp3) is 0.636. The third-order valence-corrected chi connectivity index (χ3v) is 6.65. The van der Waals surface area contributed by atoms with Crippen LogP contribution in [-0.4, -0.2) is 27.5 Å². The normalized spacial score (nSPS) is 24.6. The molecule has 1 aliphatic carbocycles. The summed E-state index contributed by atoms with van der Waals surface area (Å²) >= 11 is 12.7. The average Bonchev–Trinajstić information content (AvgIpc) is 2.70. The Morgan fingerprint density at radius 3 is 2.26 bits per heavy atom. The van der Waals surface area contributed by atoms with Crippen LogP contribution in [0.5, 0.6) is 0 Å². The van der Waals surface area contributed by atoms with E-state index in [1.807, 2.05) is 7.05 Å². The number of halogens is 2. The number of rotatable bonds is 4. The molecule has 1 saturated carbocycles. The summed E-state index contributed by atoms with van der Waals surface area (Å²) in [4.78, 5) is 0.0832. The highest BCUT2D eigenvalue weighted by molar-refractivity contribution is 7.89. The number of hydrogen-bond donors (Lipinski definition) is 2. The van der Waals surface area contributed by atoms with E-state index in [9.17, 15) is 8.42 Å². The van der Waals surface area contributed by atoms with E-state index in [4.69, 9.17) is 23.2 Å². The van der Waals surface area contributed by atoms with Crippen molar-refractivity contribution in [2.24, 2.45) is 0 Å². The lowest BCUT2D eigenvalue weighted by Gasteiger charge is -2.28. The van der Waals surface area contributed by atoms with Gasteiger partial charge >= 0.3 is 0 Å². The molecule has 1 aromatic rings. The molecule has 0 atom stereocenters. The Labute approximate surface area is 127 Å². The molecule has 0 saturated heterocycles. The number of sulfonamides is 1. The second-order valence-corrected chi connectivity index (χ2v) is 8.61. The van der Waals surface area contributed by atoms with Crippen molar-refractivity contribution in [3.05, 3.63) is 14.7 Å². The van der Waals surface area contributed by atoms with Crippen LogP contribution in [0.3, 0.4) is 0 Å². The van der Waals surface area contributed by atoms with Gasteiger partial charge in [0.05, 0.1) is 4.34 Å². The molecule has 0 radical (unpaired) electrons. The van der Waals surface area contributed by atoms with Crippen molar-refractivity contribution in [3.8, 4) is 0 Å². The van der Waals surface area contributed by atoms with E-state index in [1.54, 1.807) is 0 Å². The van der Waals surface area contributed by atoms with Gasteiger partial charge in [0, 0.05) is 12.1 Å². The van der Waals surface area contributed by atoms with E-state index in [-0.39, 0.29) is 15.3 Å². The first-order valence-electron chi connectivity index (χ1n) is 6.07. The molecular weight excluding hydrogens is 327 g/mol. The van der Waals surface area contributed by atoms with Crippen molar-refractivity contribution in [1.82, 2.24) is 10.0 Å². The molecule has 0 unspecified atom stereocenters. The van der Waals surface area contributed by atoms with Gasteiger partial charge in [0.25, 0.3) is 0 Å². The SMILES string of the molecule is CNC1CCC(NS(=O)(=O)c2cc(Cl)sc2Cl)CC1. The number of hydrogen-bond acceptors (Lipinski definition) is 4. The maximum atomic E-state index is 12.2. The molecule has 0 amide bonds. The molecule has 1 fully saturated rings. The topological polar surface area (TPSA) is 58.2 Å². The lowest BCUT2D eigenvalue weighted by Crippen LogP contribution is -2.41. The fourth-order valence-corrected chi connectivity index (χ4v) is 5.75. The summed E-state index contributed by atoms with van der Waals surface area (Å²) in [6, 6.07) is 1.86. The highest BCUT2D eigenvalue weighted by Crippen LogP contribution is 2.34. The lowest BCUT2D eigenvalue weighted by molar-refractivity contribution is 0.343. The molecule has 1 aromatic heterocycles. The Morgan fingerprint density at radius 2 is 1.79 bits per heavy atom. The average molecular weight is 343 g/mol. The van der Waals surface area contributed by atoms with Gasteiger partial charge in [-0.25, -0.2) is 13.1 Å². The quantitative estimate of drug-likeness (QED) is 0.884. The Morgan fingerprint density at radius 1 is 1.21 bits per heavy atom. The zero-order valence-corrected chi connectivity index (χ0v) is 13.6. The minimum absolute atomic E-state index is 0.0238. The van der Waals surface area contributed by atoms with E-state index in [0.29, 0.717) is 10.4 Å². The van der Waals surface area contributed by atoms with E-state index in [2.05, 4.69) is 10.0 Å². The third-order valence-electron chi connectivity index (χ3n) is 3.37. The summed E-state index contributed by atoms with van der Waals surface area (Å²) < 4.78 is 27.8. The molecule has 0 bridgehead atoms. The summed E-state index contributed by atoms with van der Waals surface area (Å²) in [6.45, 7) is 0. The summed E-state index contributed by atoms with van der Waals surface area (Å²) in [5.74, 6) is 0. The van der Waals surface area contributed by atoms with Gasteiger partial charge in [-0.05, 0) is 38.8 Å². The third kappa shape index (κ3) is 3.83. The van der Waals surface area contributed by atoms with Crippen LogP contribution in [0.2, 0.25) is 8.67 Å². The number of thiophene rings is 1. The highest BCUT2D eigenvalue weighted by Gasteiger charge is 2.27. The van der Waals surface area contributed by atoms with Crippen LogP contribution in [0, 0.1) is 0 Å². The molecule has 0 aromatic carbocycles. The van der Waals surface area contributed by atoms with Gasteiger partial charge in [-0.2, -0.15) is 0 Å². The van der Waals surface area contributed by atoms with Crippen molar-refractivity contribution in [1.29, 1.82) is 0 Å². The van der Waals surface area contributed by atoms with E-state index >= 15 is 0 Å². The number of nitrogens with one attached hydrogen (secondary N) is 2. The van der Waals surface area contributed by atoms with Crippen molar-refractivity contribution >= 4 is 44.6 Å². The van der Waals surface area contributed by atoms with Crippen molar-refractivity contribution in [2.45, 2.75) is 42.7 Å². The minimum atomic E-state index is -3.57. The van der Waals surface area contributed by atoms with Crippen LogP contribution >= 0.6 is 34.5 Å². The molecule has 0 spiro atoms. The van der Waals surface area contributed by atoms with Crippen LogP contribution in [-0.2, 0) is 10.0 Å². The Bertz CT molecular complexity index is 537. The lowest BCUT2D eigenvalue weighted by atomic mass is 9.92. The fourth-order valence-electron chi connectivity index (χ4n) is 2.29. The Hall–Kier alpha value is 0.150. The molecular formula is C11H16Cl2N2O2S2.